The van der Waals surface area contributed by atoms with Gasteiger partial charge in [0.1, 0.15) is 0 Å². The van der Waals surface area contributed by atoms with E-state index < -0.39 is 0 Å². The summed E-state index contributed by atoms with van der Waals surface area (Å²) in [4.78, 5) is 13.9. The number of ether oxygens (including phenoxy) is 2. The molecule has 0 N–H and O–H groups in total. The maximum atomic E-state index is 12.0. The van der Waals surface area contributed by atoms with Gasteiger partial charge in [0, 0.05) is 19.5 Å². The Labute approximate surface area is 96.9 Å². The lowest BCUT2D eigenvalue weighted by Crippen LogP contribution is -2.37. The summed E-state index contributed by atoms with van der Waals surface area (Å²) >= 11 is 0. The van der Waals surface area contributed by atoms with Gasteiger partial charge < -0.3 is 14.4 Å². The van der Waals surface area contributed by atoms with Gasteiger partial charge in [0.15, 0.2) is 0 Å². The Bertz CT molecular complexity index is 222. The van der Waals surface area contributed by atoms with Crippen molar-refractivity contribution >= 4 is 5.91 Å². The Hall–Kier alpha value is -0.610. The smallest absolute Gasteiger partial charge is 0.222 e. The van der Waals surface area contributed by atoms with Crippen LogP contribution >= 0.6 is 0 Å². The lowest BCUT2D eigenvalue weighted by atomic mass is 10.2. The van der Waals surface area contributed by atoms with E-state index in [1.54, 1.807) is 0 Å². The first-order valence-electron chi connectivity index (χ1n) is 6.30. The molecule has 2 saturated heterocycles. The normalized spacial score (nSPS) is 26.6. The van der Waals surface area contributed by atoms with Gasteiger partial charge in [-0.3, -0.25) is 4.79 Å². The van der Waals surface area contributed by atoms with Crippen molar-refractivity contribution < 1.29 is 14.3 Å². The molecule has 0 saturated carbocycles. The fourth-order valence-corrected chi connectivity index (χ4v) is 1.80. The molecule has 0 aromatic heterocycles. The molecule has 16 heavy (non-hydrogen) atoms. The maximum Gasteiger partial charge on any atom is 0.222 e. The molecule has 0 spiro atoms. The van der Waals surface area contributed by atoms with Crippen molar-refractivity contribution in [1.82, 2.24) is 4.90 Å². The number of hydrogen-bond acceptors (Lipinski definition) is 3. The lowest BCUT2D eigenvalue weighted by molar-refractivity contribution is -0.131. The Morgan fingerprint density at radius 2 is 1.75 bits per heavy atom. The zero-order valence-electron chi connectivity index (χ0n) is 9.98. The molecule has 1 amide bonds. The van der Waals surface area contributed by atoms with Gasteiger partial charge in [-0.2, -0.15) is 0 Å². The monoisotopic (exact) mass is 227 g/mol. The number of epoxide rings is 2. The second-order valence-electron chi connectivity index (χ2n) is 4.67. The molecule has 0 radical (unpaired) electrons. The average Bonchev–Trinajstić information content (AvgIpc) is 3.11. The fourth-order valence-electron chi connectivity index (χ4n) is 1.80. The predicted molar refractivity (Wildman–Crippen MR) is 60.2 cm³/mol. The molecule has 0 aromatic carbocycles. The highest BCUT2D eigenvalue weighted by Gasteiger charge is 2.32. The molecule has 2 fully saturated rings. The molecule has 92 valence electrons. The summed E-state index contributed by atoms with van der Waals surface area (Å²) in [5.41, 5.74) is 0. The number of carbonyl (C=O) groups excluding carboxylic acids is 1. The number of amides is 1. The molecular formula is C12H21NO3. The van der Waals surface area contributed by atoms with Crippen molar-refractivity contribution in [2.24, 2.45) is 0 Å². The quantitative estimate of drug-likeness (QED) is 0.462. The van der Waals surface area contributed by atoms with Crippen molar-refractivity contribution in [1.29, 1.82) is 0 Å². The van der Waals surface area contributed by atoms with E-state index >= 15 is 0 Å². The van der Waals surface area contributed by atoms with E-state index in [1.807, 2.05) is 4.90 Å². The van der Waals surface area contributed by atoms with Crippen molar-refractivity contribution in [2.75, 3.05) is 26.3 Å². The number of unbranched alkanes of at least 4 members (excludes halogenated alkanes) is 2. The number of hydrogen-bond donors (Lipinski definition) is 0. The zero-order chi connectivity index (χ0) is 11.4. The summed E-state index contributed by atoms with van der Waals surface area (Å²) in [7, 11) is 0. The van der Waals surface area contributed by atoms with Gasteiger partial charge in [0.25, 0.3) is 0 Å². The third kappa shape index (κ3) is 4.10. The molecular weight excluding hydrogens is 206 g/mol. The van der Waals surface area contributed by atoms with E-state index in [0.717, 1.165) is 45.6 Å². The highest BCUT2D eigenvalue weighted by molar-refractivity contribution is 5.76. The van der Waals surface area contributed by atoms with Crippen LogP contribution in [0.5, 0.6) is 0 Å². The molecule has 0 aromatic rings. The minimum atomic E-state index is 0.263. The van der Waals surface area contributed by atoms with Crippen LogP contribution in [0.1, 0.15) is 32.6 Å². The van der Waals surface area contributed by atoms with Crippen LogP contribution in [0.4, 0.5) is 0 Å². The van der Waals surface area contributed by atoms with Crippen LogP contribution in [-0.2, 0) is 14.3 Å². The molecule has 2 heterocycles. The van der Waals surface area contributed by atoms with Crippen LogP contribution in [0.3, 0.4) is 0 Å². The van der Waals surface area contributed by atoms with E-state index in [9.17, 15) is 4.79 Å². The van der Waals surface area contributed by atoms with Crippen LogP contribution in [0, 0.1) is 0 Å². The molecule has 2 aliphatic heterocycles. The standard InChI is InChI=1S/C12H21NO3/c1-2-3-4-5-12(14)13(6-10-8-15-10)7-11-9-16-11/h10-11H,2-9H2,1H3. The maximum absolute atomic E-state index is 12.0. The molecule has 0 bridgehead atoms. The summed E-state index contributed by atoms with van der Waals surface area (Å²) in [6.07, 6.45) is 4.54. The van der Waals surface area contributed by atoms with Gasteiger partial charge in [-0.05, 0) is 6.42 Å². The van der Waals surface area contributed by atoms with Gasteiger partial charge in [-0.25, -0.2) is 0 Å². The molecule has 0 aliphatic carbocycles. The summed E-state index contributed by atoms with van der Waals surface area (Å²) in [5.74, 6) is 0.263. The first-order chi connectivity index (χ1) is 7.79. The van der Waals surface area contributed by atoms with E-state index in [-0.39, 0.29) is 18.1 Å². The Kier molecular flexibility index (Phi) is 4.18. The number of rotatable bonds is 8. The third-order valence-corrected chi connectivity index (χ3v) is 3.00. The second-order valence-corrected chi connectivity index (χ2v) is 4.67. The van der Waals surface area contributed by atoms with Crippen LogP contribution in [0.15, 0.2) is 0 Å². The van der Waals surface area contributed by atoms with E-state index in [1.165, 1.54) is 0 Å². The van der Waals surface area contributed by atoms with Gasteiger partial charge in [-0.1, -0.05) is 19.8 Å². The molecule has 2 aliphatic rings. The summed E-state index contributed by atoms with van der Waals surface area (Å²) in [6.45, 7) is 5.28. The minimum absolute atomic E-state index is 0.263. The number of carbonyl (C=O) groups is 1. The first kappa shape index (κ1) is 11.9. The van der Waals surface area contributed by atoms with Gasteiger partial charge in [0.05, 0.1) is 25.4 Å². The van der Waals surface area contributed by atoms with E-state index in [0.29, 0.717) is 6.42 Å². The highest BCUT2D eigenvalue weighted by atomic mass is 16.6. The Balaban J connectivity index is 1.71. The molecule has 2 rings (SSSR count). The minimum Gasteiger partial charge on any atom is -0.371 e. The Morgan fingerprint density at radius 3 is 2.19 bits per heavy atom. The average molecular weight is 227 g/mol. The third-order valence-electron chi connectivity index (χ3n) is 3.00. The second kappa shape index (κ2) is 5.64. The van der Waals surface area contributed by atoms with Crippen molar-refractivity contribution in [3.05, 3.63) is 0 Å². The molecule has 2 unspecified atom stereocenters. The lowest BCUT2D eigenvalue weighted by Gasteiger charge is -2.20. The highest BCUT2D eigenvalue weighted by Crippen LogP contribution is 2.17. The van der Waals surface area contributed by atoms with Crippen LogP contribution < -0.4 is 0 Å². The number of nitrogens with zero attached hydrogens (tertiary/aromatic N) is 1. The molecule has 2 atom stereocenters. The van der Waals surface area contributed by atoms with Gasteiger partial charge in [0.2, 0.25) is 5.91 Å². The summed E-state index contributed by atoms with van der Waals surface area (Å²) in [5, 5.41) is 0. The van der Waals surface area contributed by atoms with Crippen molar-refractivity contribution in [3.8, 4) is 0 Å². The van der Waals surface area contributed by atoms with E-state index in [4.69, 9.17) is 9.47 Å². The summed E-state index contributed by atoms with van der Waals surface area (Å²) < 4.78 is 10.4. The predicted octanol–water partition coefficient (Wildman–Crippen LogP) is 1.19. The first-order valence-corrected chi connectivity index (χ1v) is 6.30. The zero-order valence-corrected chi connectivity index (χ0v) is 9.98. The SMILES string of the molecule is CCCCCC(=O)N(CC1CO1)CC1CO1. The Morgan fingerprint density at radius 1 is 1.19 bits per heavy atom. The van der Waals surface area contributed by atoms with Crippen LogP contribution in [0.2, 0.25) is 0 Å². The van der Waals surface area contributed by atoms with E-state index in [2.05, 4.69) is 6.92 Å². The van der Waals surface area contributed by atoms with Crippen LogP contribution in [0.25, 0.3) is 0 Å². The topological polar surface area (TPSA) is 45.4 Å². The summed E-state index contributed by atoms with van der Waals surface area (Å²) in [6, 6.07) is 0. The van der Waals surface area contributed by atoms with Gasteiger partial charge in [-0.15, -0.1) is 0 Å². The van der Waals surface area contributed by atoms with Crippen molar-refractivity contribution in [3.63, 3.8) is 0 Å². The molecule has 4 nitrogen and oxygen atoms in total. The fraction of sp³-hybridized carbons (Fsp3) is 0.917. The van der Waals surface area contributed by atoms with Gasteiger partial charge >= 0.3 is 0 Å². The van der Waals surface area contributed by atoms with Crippen LogP contribution in [-0.4, -0.2) is 49.3 Å². The molecule has 4 heteroatoms. The van der Waals surface area contributed by atoms with Crippen molar-refractivity contribution in [2.45, 2.75) is 44.8 Å². The largest absolute Gasteiger partial charge is 0.371 e.